The van der Waals surface area contributed by atoms with Crippen LogP contribution >= 0.6 is 23.2 Å². The van der Waals surface area contributed by atoms with Gasteiger partial charge in [0.25, 0.3) is 0 Å². The van der Waals surface area contributed by atoms with Gasteiger partial charge in [-0.05, 0) is 38.1 Å². The maximum Gasteiger partial charge on any atom is 0.119 e. The van der Waals surface area contributed by atoms with Crippen molar-refractivity contribution in [2.24, 2.45) is 0 Å². The topological polar surface area (TPSA) is 21.3 Å². The number of halogens is 2. The minimum absolute atomic E-state index is 0.187. The molecule has 0 amide bonds. The minimum atomic E-state index is 0.187. The van der Waals surface area contributed by atoms with E-state index in [9.17, 15) is 0 Å². The molecule has 0 aliphatic carbocycles. The van der Waals surface area contributed by atoms with Crippen LogP contribution in [0.25, 0.3) is 0 Å². The van der Waals surface area contributed by atoms with E-state index in [0.717, 1.165) is 11.4 Å². The zero-order chi connectivity index (χ0) is 12.0. The monoisotopic (exact) mass is 259 g/mol. The molecule has 0 saturated heterocycles. The number of hydrogen-bond acceptors (Lipinski definition) is 2. The number of anilines is 1. The average molecular weight is 260 g/mol. The summed E-state index contributed by atoms with van der Waals surface area (Å²) in [6.45, 7) is 4.52. The zero-order valence-corrected chi connectivity index (χ0v) is 10.8. The second-order valence-corrected chi connectivity index (χ2v) is 4.30. The van der Waals surface area contributed by atoms with E-state index >= 15 is 0 Å². The Balaban J connectivity index is 2.51. The van der Waals surface area contributed by atoms with Gasteiger partial charge in [-0.2, -0.15) is 0 Å². The van der Waals surface area contributed by atoms with Gasteiger partial charge in [0, 0.05) is 16.3 Å². The number of ether oxygens (including phenoxy) is 1. The fraction of sp³-hybridized carbons (Fsp3) is 0.333. The van der Waals surface area contributed by atoms with Gasteiger partial charge in [0.15, 0.2) is 0 Å². The van der Waals surface area contributed by atoms with E-state index in [-0.39, 0.29) is 6.10 Å². The van der Waals surface area contributed by atoms with Gasteiger partial charge in [0.05, 0.1) is 12.6 Å². The quantitative estimate of drug-likeness (QED) is 0.856. The summed E-state index contributed by atoms with van der Waals surface area (Å²) < 4.78 is 5.53. The first-order valence-corrected chi connectivity index (χ1v) is 5.88. The Hall–Kier alpha value is -0.860. The fourth-order valence-corrected chi connectivity index (χ4v) is 1.29. The van der Waals surface area contributed by atoms with E-state index in [0.29, 0.717) is 11.6 Å². The highest BCUT2D eigenvalue weighted by molar-refractivity contribution is 6.36. The van der Waals surface area contributed by atoms with Crippen LogP contribution in [0.1, 0.15) is 13.8 Å². The molecule has 0 heterocycles. The molecule has 0 fully saturated rings. The molecule has 1 aromatic rings. The van der Waals surface area contributed by atoms with Crippen molar-refractivity contribution in [1.29, 1.82) is 0 Å². The van der Waals surface area contributed by atoms with Crippen molar-refractivity contribution in [3.8, 4) is 5.75 Å². The van der Waals surface area contributed by atoms with Crippen molar-refractivity contribution >= 4 is 28.9 Å². The first kappa shape index (κ1) is 13.2. The lowest BCUT2D eigenvalue weighted by Gasteiger charge is -2.10. The molecule has 0 aliphatic heterocycles. The molecule has 0 radical (unpaired) electrons. The van der Waals surface area contributed by atoms with Crippen LogP contribution in [-0.4, -0.2) is 12.6 Å². The van der Waals surface area contributed by atoms with Crippen LogP contribution in [-0.2, 0) is 0 Å². The Morgan fingerprint density at radius 1 is 1.38 bits per heavy atom. The van der Waals surface area contributed by atoms with Gasteiger partial charge in [0.1, 0.15) is 5.75 Å². The summed E-state index contributed by atoms with van der Waals surface area (Å²) in [7, 11) is 0. The fourth-order valence-electron chi connectivity index (χ4n) is 1.15. The molecule has 0 saturated carbocycles. The van der Waals surface area contributed by atoms with Crippen molar-refractivity contribution in [2.75, 3.05) is 11.9 Å². The summed E-state index contributed by atoms with van der Waals surface area (Å²) in [5.41, 5.74) is 2.33. The van der Waals surface area contributed by atoms with E-state index in [1.165, 1.54) is 5.54 Å². The second-order valence-electron chi connectivity index (χ2n) is 3.60. The van der Waals surface area contributed by atoms with E-state index < -0.39 is 0 Å². The Bertz CT molecular complexity index is 347. The van der Waals surface area contributed by atoms with Crippen LogP contribution in [0.15, 0.2) is 34.8 Å². The number of benzene rings is 1. The Morgan fingerprint density at radius 3 is 2.50 bits per heavy atom. The molecular weight excluding hydrogens is 245 g/mol. The van der Waals surface area contributed by atoms with Crippen LogP contribution in [0.2, 0.25) is 0 Å². The van der Waals surface area contributed by atoms with E-state index in [1.54, 1.807) is 0 Å². The summed E-state index contributed by atoms with van der Waals surface area (Å²) >= 11 is 11.2. The number of rotatable bonds is 5. The van der Waals surface area contributed by atoms with Crippen LogP contribution in [0.4, 0.5) is 5.69 Å². The van der Waals surface area contributed by atoms with E-state index in [1.807, 2.05) is 38.1 Å². The highest BCUT2D eigenvalue weighted by atomic mass is 35.5. The standard InChI is InChI=1S/C12H15Cl2NO/c1-9(2)16-12-5-3-11(4-6-12)15-8-10(14)7-13/h3-7,9,15H,8H2,1-2H3. The predicted octanol–water partition coefficient (Wildman–Crippen LogP) is 4.20. The van der Waals surface area contributed by atoms with Gasteiger partial charge in [-0.25, -0.2) is 0 Å². The lowest BCUT2D eigenvalue weighted by Crippen LogP contribution is -2.05. The van der Waals surface area contributed by atoms with Crippen molar-refractivity contribution in [1.82, 2.24) is 0 Å². The van der Waals surface area contributed by atoms with Crippen LogP contribution in [0.3, 0.4) is 0 Å². The molecule has 88 valence electrons. The smallest absolute Gasteiger partial charge is 0.119 e. The minimum Gasteiger partial charge on any atom is -0.491 e. The van der Waals surface area contributed by atoms with Crippen molar-refractivity contribution in [3.05, 3.63) is 34.8 Å². The van der Waals surface area contributed by atoms with Crippen LogP contribution in [0.5, 0.6) is 5.75 Å². The summed E-state index contributed by atoms with van der Waals surface area (Å²) in [6.07, 6.45) is 0.187. The van der Waals surface area contributed by atoms with E-state index in [2.05, 4.69) is 5.32 Å². The van der Waals surface area contributed by atoms with Crippen molar-refractivity contribution in [2.45, 2.75) is 20.0 Å². The molecule has 0 spiro atoms. The molecule has 0 atom stereocenters. The summed E-state index contributed by atoms with van der Waals surface area (Å²) in [6, 6.07) is 7.72. The number of hydrogen-bond donors (Lipinski definition) is 1. The third kappa shape index (κ3) is 4.77. The average Bonchev–Trinajstić information content (AvgIpc) is 2.27. The molecule has 0 bridgehead atoms. The molecular formula is C12H15Cl2NO. The van der Waals surface area contributed by atoms with Crippen molar-refractivity contribution in [3.63, 3.8) is 0 Å². The van der Waals surface area contributed by atoms with Gasteiger partial charge in [-0.15, -0.1) is 0 Å². The summed E-state index contributed by atoms with van der Waals surface area (Å²) in [5, 5.41) is 3.71. The first-order valence-electron chi connectivity index (χ1n) is 5.07. The van der Waals surface area contributed by atoms with Gasteiger partial charge in [-0.1, -0.05) is 23.2 Å². The molecule has 2 nitrogen and oxygen atoms in total. The molecule has 0 aromatic heterocycles. The zero-order valence-electron chi connectivity index (χ0n) is 9.34. The number of nitrogens with one attached hydrogen (secondary N) is 1. The van der Waals surface area contributed by atoms with Gasteiger partial charge >= 0.3 is 0 Å². The highest BCUT2D eigenvalue weighted by Gasteiger charge is 1.98. The largest absolute Gasteiger partial charge is 0.491 e. The maximum absolute atomic E-state index is 5.76. The Kier molecular flexibility index (Phi) is 5.50. The van der Waals surface area contributed by atoms with Gasteiger partial charge < -0.3 is 10.1 Å². The Labute approximate surface area is 106 Å². The maximum atomic E-state index is 5.76. The lowest BCUT2D eigenvalue weighted by atomic mass is 10.3. The van der Waals surface area contributed by atoms with E-state index in [4.69, 9.17) is 27.9 Å². The normalized spacial score (nSPS) is 11.7. The van der Waals surface area contributed by atoms with Crippen molar-refractivity contribution < 1.29 is 4.74 Å². The molecule has 0 unspecified atom stereocenters. The van der Waals surface area contributed by atoms with Crippen LogP contribution < -0.4 is 10.1 Å². The SMILES string of the molecule is CC(C)Oc1ccc(NCC(Cl)=CCl)cc1. The second kappa shape index (κ2) is 6.66. The highest BCUT2D eigenvalue weighted by Crippen LogP contribution is 2.17. The molecule has 1 aromatic carbocycles. The summed E-state index contributed by atoms with van der Waals surface area (Å²) in [4.78, 5) is 0. The van der Waals surface area contributed by atoms with Gasteiger partial charge in [-0.3, -0.25) is 0 Å². The first-order chi connectivity index (χ1) is 7.61. The summed E-state index contributed by atoms with van der Waals surface area (Å²) in [5.74, 6) is 0.861. The third-order valence-electron chi connectivity index (χ3n) is 1.81. The van der Waals surface area contributed by atoms with Crippen LogP contribution in [0, 0.1) is 0 Å². The lowest BCUT2D eigenvalue weighted by molar-refractivity contribution is 0.242. The molecule has 0 aliphatic rings. The predicted molar refractivity (Wildman–Crippen MR) is 70.5 cm³/mol. The Morgan fingerprint density at radius 2 is 2.00 bits per heavy atom. The molecule has 4 heteroatoms. The van der Waals surface area contributed by atoms with Gasteiger partial charge in [0.2, 0.25) is 0 Å². The third-order valence-corrected chi connectivity index (χ3v) is 2.42. The molecule has 16 heavy (non-hydrogen) atoms. The molecule has 1 rings (SSSR count). The molecule has 1 N–H and O–H groups in total.